The first-order valence-corrected chi connectivity index (χ1v) is 6.37. The van der Waals surface area contributed by atoms with E-state index >= 15 is 0 Å². The summed E-state index contributed by atoms with van der Waals surface area (Å²) in [4.78, 5) is 14.6. The molecule has 0 fully saturated rings. The molecule has 0 atom stereocenters. The molecule has 22 heavy (non-hydrogen) atoms. The van der Waals surface area contributed by atoms with E-state index in [1.54, 1.807) is 16.8 Å². The van der Waals surface area contributed by atoms with Crippen LogP contribution in [0.3, 0.4) is 0 Å². The third kappa shape index (κ3) is 3.48. The molecule has 0 amide bonds. The molecule has 0 saturated heterocycles. The van der Waals surface area contributed by atoms with Gasteiger partial charge in [0.25, 0.3) is 0 Å². The number of aliphatic carboxylic acids is 1. The van der Waals surface area contributed by atoms with Gasteiger partial charge in [-0.15, -0.1) is 0 Å². The maximum absolute atomic E-state index is 10.5. The Balaban J connectivity index is 0.00000242. The zero-order valence-corrected chi connectivity index (χ0v) is 12.7. The van der Waals surface area contributed by atoms with Crippen LogP contribution in [0.1, 0.15) is 31.1 Å². The van der Waals surface area contributed by atoms with Gasteiger partial charge in [0, 0.05) is 35.9 Å². The first kappa shape index (κ1) is 17.8. The first-order valence-electron chi connectivity index (χ1n) is 6.37. The molecular formula is C14H14LiN5O2. The molecule has 8 heteroatoms. The van der Waals surface area contributed by atoms with Crippen LogP contribution in [0.5, 0.6) is 0 Å². The van der Waals surface area contributed by atoms with Crippen molar-refractivity contribution in [3.63, 3.8) is 0 Å². The van der Waals surface area contributed by atoms with Crippen molar-refractivity contribution in [3.8, 4) is 17.3 Å². The second kappa shape index (κ2) is 7.12. The first-order chi connectivity index (χ1) is 9.93. The van der Waals surface area contributed by atoms with Crippen molar-refractivity contribution in [1.82, 2.24) is 14.8 Å². The largest absolute Gasteiger partial charge is 1.00 e. The van der Waals surface area contributed by atoms with E-state index in [2.05, 4.69) is 10.1 Å². The van der Waals surface area contributed by atoms with Gasteiger partial charge in [-0.3, -0.25) is 4.98 Å². The fraction of sp³-hybridized carbons (Fsp3) is 0.286. The molecule has 0 spiro atoms. The van der Waals surface area contributed by atoms with Crippen molar-refractivity contribution in [2.45, 2.75) is 26.3 Å². The summed E-state index contributed by atoms with van der Waals surface area (Å²) in [6, 6.07) is 5.30. The van der Waals surface area contributed by atoms with Crippen molar-refractivity contribution in [2.24, 2.45) is 0 Å². The van der Waals surface area contributed by atoms with Crippen LogP contribution in [0.4, 0.5) is 5.82 Å². The Bertz CT molecular complexity index is 716. The van der Waals surface area contributed by atoms with Gasteiger partial charge in [-0.05, 0) is 26.0 Å². The van der Waals surface area contributed by atoms with Crippen LogP contribution < -0.4 is 29.7 Å². The fourth-order valence-corrected chi connectivity index (χ4v) is 1.97. The Morgan fingerprint density at radius 3 is 2.64 bits per heavy atom. The normalized spacial score (nSPS) is 10.1. The Kier molecular flexibility index (Phi) is 5.75. The van der Waals surface area contributed by atoms with Crippen LogP contribution in [0.2, 0.25) is 0 Å². The number of carbonyl (C=O) groups excluding carboxylic acids is 1. The van der Waals surface area contributed by atoms with E-state index < -0.39 is 5.97 Å². The van der Waals surface area contributed by atoms with Crippen LogP contribution in [0.15, 0.2) is 18.3 Å². The summed E-state index contributed by atoms with van der Waals surface area (Å²) < 4.78 is 1.57. The minimum atomic E-state index is -1.19. The van der Waals surface area contributed by atoms with Gasteiger partial charge in [-0.2, -0.15) is 10.4 Å². The quantitative estimate of drug-likeness (QED) is 0.611. The molecule has 2 rings (SSSR count). The van der Waals surface area contributed by atoms with Gasteiger partial charge < -0.3 is 15.6 Å². The van der Waals surface area contributed by atoms with Gasteiger partial charge in [0.05, 0.1) is 0 Å². The maximum atomic E-state index is 10.5. The second-order valence-electron chi connectivity index (χ2n) is 4.85. The van der Waals surface area contributed by atoms with Crippen molar-refractivity contribution < 1.29 is 28.8 Å². The number of rotatable bonds is 4. The molecule has 7 nitrogen and oxygen atoms in total. The molecule has 0 unspecified atom stereocenters. The SMILES string of the molecule is CC(C)n1nc(-c2ccc(CC(=O)[O-])nc2)c(C#N)c1N.[Li+]. The Morgan fingerprint density at radius 2 is 2.18 bits per heavy atom. The van der Waals surface area contributed by atoms with E-state index in [0.29, 0.717) is 22.8 Å². The Labute approximate surface area is 139 Å². The second-order valence-corrected chi connectivity index (χ2v) is 4.85. The van der Waals surface area contributed by atoms with Crippen molar-refractivity contribution >= 4 is 11.8 Å². The van der Waals surface area contributed by atoms with Gasteiger partial charge >= 0.3 is 18.9 Å². The minimum absolute atomic E-state index is 0. The number of carboxylic acid groups (broad SMARTS) is 1. The fourth-order valence-electron chi connectivity index (χ4n) is 1.97. The van der Waals surface area contributed by atoms with Crippen molar-refractivity contribution in [2.75, 3.05) is 5.73 Å². The number of hydrogen-bond acceptors (Lipinski definition) is 6. The predicted molar refractivity (Wildman–Crippen MR) is 73.7 cm³/mol. The number of carbonyl (C=O) groups is 1. The van der Waals surface area contributed by atoms with Gasteiger partial charge in [0.1, 0.15) is 23.1 Å². The molecule has 0 aromatic carbocycles. The molecule has 2 N–H and O–H groups in total. The van der Waals surface area contributed by atoms with Crippen LogP contribution >= 0.6 is 0 Å². The number of pyridine rings is 1. The number of nitrogen functional groups attached to an aromatic ring is 1. The average molecular weight is 291 g/mol. The van der Waals surface area contributed by atoms with E-state index in [4.69, 9.17) is 5.73 Å². The van der Waals surface area contributed by atoms with Crippen molar-refractivity contribution in [1.29, 1.82) is 5.26 Å². The van der Waals surface area contributed by atoms with Crippen molar-refractivity contribution in [3.05, 3.63) is 29.6 Å². The smallest absolute Gasteiger partial charge is 0.550 e. The minimum Gasteiger partial charge on any atom is -0.550 e. The number of anilines is 1. The standard InChI is InChI=1S/C14H15N5O2.Li/c1-8(2)19-14(16)11(6-15)13(18-19)9-3-4-10(17-7-9)5-12(20)21;/h3-4,7-8H,5,16H2,1-2H3,(H,20,21);/q;+1/p-1. The molecule has 2 aromatic heterocycles. The summed E-state index contributed by atoms with van der Waals surface area (Å²) in [5.41, 5.74) is 7.64. The number of nitriles is 1. The molecule has 0 bridgehead atoms. The molecular weight excluding hydrogens is 277 g/mol. The molecule has 2 heterocycles. The third-order valence-electron chi connectivity index (χ3n) is 2.97. The van der Waals surface area contributed by atoms with E-state index in [0.717, 1.165) is 0 Å². The zero-order valence-electron chi connectivity index (χ0n) is 12.7. The Hall–Kier alpha value is -2.28. The average Bonchev–Trinajstić information content (AvgIpc) is 2.76. The topological polar surface area (TPSA) is 121 Å². The van der Waals surface area contributed by atoms with Crippen LogP contribution in [0.25, 0.3) is 11.3 Å². The predicted octanol–water partition coefficient (Wildman–Crippen LogP) is -2.72. The molecule has 2 aromatic rings. The third-order valence-corrected chi connectivity index (χ3v) is 2.97. The Morgan fingerprint density at radius 1 is 1.50 bits per heavy atom. The number of hydrogen-bond donors (Lipinski definition) is 1. The summed E-state index contributed by atoms with van der Waals surface area (Å²) in [5.74, 6) is -0.886. The summed E-state index contributed by atoms with van der Waals surface area (Å²) >= 11 is 0. The van der Waals surface area contributed by atoms with E-state index in [1.807, 2.05) is 19.9 Å². The molecule has 108 valence electrons. The van der Waals surface area contributed by atoms with Crippen LogP contribution in [0, 0.1) is 11.3 Å². The summed E-state index contributed by atoms with van der Waals surface area (Å²) in [6.07, 6.45) is 1.22. The van der Waals surface area contributed by atoms with Crippen LogP contribution in [-0.4, -0.2) is 20.7 Å². The molecule has 0 aliphatic rings. The summed E-state index contributed by atoms with van der Waals surface area (Å²) in [6.45, 7) is 3.82. The number of aromatic nitrogens is 3. The molecule has 0 aliphatic carbocycles. The monoisotopic (exact) mass is 291 g/mol. The number of nitrogens with zero attached hydrogens (tertiary/aromatic N) is 4. The zero-order chi connectivity index (χ0) is 15.6. The maximum Gasteiger partial charge on any atom is 1.00 e. The van der Waals surface area contributed by atoms with Gasteiger partial charge in [-0.1, -0.05) is 0 Å². The van der Waals surface area contributed by atoms with Gasteiger partial charge in [0.2, 0.25) is 0 Å². The van der Waals surface area contributed by atoms with E-state index in [-0.39, 0.29) is 36.9 Å². The van der Waals surface area contributed by atoms with E-state index in [9.17, 15) is 15.2 Å². The van der Waals surface area contributed by atoms with E-state index in [1.165, 1.54) is 6.20 Å². The number of carboxylic acids is 1. The van der Waals surface area contributed by atoms with Gasteiger partial charge in [-0.25, -0.2) is 4.68 Å². The molecule has 0 aliphatic heterocycles. The number of nitrogens with two attached hydrogens (primary N) is 1. The summed E-state index contributed by atoms with van der Waals surface area (Å²) in [5, 5.41) is 24.1. The summed E-state index contributed by atoms with van der Waals surface area (Å²) in [7, 11) is 0. The molecule has 0 radical (unpaired) electrons. The van der Waals surface area contributed by atoms with Gasteiger partial charge in [0.15, 0.2) is 0 Å². The van der Waals surface area contributed by atoms with Crippen LogP contribution in [-0.2, 0) is 11.2 Å². The molecule has 0 saturated carbocycles.